The standard InChI is InChI=1S/C24H37N3O2/c1-6-9-18-15-20(11-8-14-27(3,4)5)25-22(18)17-23-19(10-7-2)16-21(26-23)12-13-24(28)29/h12,15-17,25-26H,6-11,13-14H2,1-5H3/p+1. The smallest absolute Gasteiger partial charge is 0.307 e. The number of carbonyl (C=O) groups is 1. The number of nitrogens with one attached hydrogen (secondary N) is 2. The van der Waals surface area contributed by atoms with Crippen molar-refractivity contribution < 1.29 is 14.4 Å². The molecule has 0 aliphatic rings. The van der Waals surface area contributed by atoms with Gasteiger partial charge in [0.15, 0.2) is 0 Å². The SMILES string of the molecule is CCCc1cc(CCC[N+](C)(C)C)[nH]c1C=c1[nH]c(=CCC(=O)O)cc1CCC. The van der Waals surface area contributed by atoms with E-state index in [0.717, 1.165) is 60.3 Å². The van der Waals surface area contributed by atoms with E-state index in [-0.39, 0.29) is 6.42 Å². The van der Waals surface area contributed by atoms with Crippen molar-refractivity contribution in [2.75, 3.05) is 27.7 Å². The van der Waals surface area contributed by atoms with Crippen molar-refractivity contribution in [2.24, 2.45) is 0 Å². The molecule has 0 radical (unpaired) electrons. The molecule has 0 aliphatic heterocycles. The number of rotatable bonds is 11. The second-order valence-corrected chi connectivity index (χ2v) is 8.96. The lowest BCUT2D eigenvalue weighted by molar-refractivity contribution is -0.870. The molecule has 0 unspecified atom stereocenters. The third-order valence-corrected chi connectivity index (χ3v) is 5.04. The third-order valence-electron chi connectivity index (χ3n) is 5.04. The summed E-state index contributed by atoms with van der Waals surface area (Å²) in [4.78, 5) is 17.9. The van der Waals surface area contributed by atoms with Gasteiger partial charge < -0.3 is 19.6 Å². The number of nitrogens with zero attached hydrogens (tertiary/aromatic N) is 1. The number of carboxylic acids is 1. The van der Waals surface area contributed by atoms with Crippen LogP contribution in [0.15, 0.2) is 12.1 Å². The Morgan fingerprint density at radius 3 is 2.34 bits per heavy atom. The van der Waals surface area contributed by atoms with Gasteiger partial charge in [-0.2, -0.15) is 0 Å². The lowest BCUT2D eigenvalue weighted by atomic mass is 10.1. The zero-order chi connectivity index (χ0) is 21.4. The molecule has 160 valence electrons. The summed E-state index contributed by atoms with van der Waals surface area (Å²) in [5.74, 6) is -0.810. The highest BCUT2D eigenvalue weighted by molar-refractivity contribution is 5.72. The van der Waals surface area contributed by atoms with Gasteiger partial charge in [-0.05, 0) is 54.7 Å². The van der Waals surface area contributed by atoms with Crippen LogP contribution in [-0.4, -0.2) is 53.2 Å². The van der Waals surface area contributed by atoms with Crippen molar-refractivity contribution in [1.29, 1.82) is 0 Å². The number of H-pyrrole nitrogens is 2. The molecular formula is C24H38N3O2+. The number of aryl methyl sites for hydroxylation is 3. The first-order chi connectivity index (χ1) is 13.7. The summed E-state index contributed by atoms with van der Waals surface area (Å²) < 4.78 is 0.986. The van der Waals surface area contributed by atoms with Gasteiger partial charge in [-0.3, -0.25) is 4.79 Å². The van der Waals surface area contributed by atoms with E-state index in [9.17, 15) is 4.79 Å². The van der Waals surface area contributed by atoms with Gasteiger partial charge in [0, 0.05) is 28.5 Å². The molecule has 0 bridgehead atoms. The second kappa shape index (κ2) is 10.5. The van der Waals surface area contributed by atoms with E-state index >= 15 is 0 Å². The van der Waals surface area contributed by atoms with Gasteiger partial charge in [0.25, 0.3) is 0 Å². The van der Waals surface area contributed by atoms with E-state index in [1.807, 2.05) is 0 Å². The van der Waals surface area contributed by atoms with Crippen LogP contribution >= 0.6 is 0 Å². The van der Waals surface area contributed by atoms with Crippen molar-refractivity contribution in [3.63, 3.8) is 0 Å². The van der Waals surface area contributed by atoms with Gasteiger partial charge in [-0.25, -0.2) is 0 Å². The van der Waals surface area contributed by atoms with Crippen LogP contribution in [-0.2, 0) is 24.1 Å². The molecule has 2 rings (SSSR count). The Morgan fingerprint density at radius 1 is 1.03 bits per heavy atom. The lowest BCUT2D eigenvalue weighted by Gasteiger charge is -2.23. The number of hydrogen-bond donors (Lipinski definition) is 3. The normalized spacial score (nSPS) is 13.4. The molecule has 0 spiro atoms. The molecule has 0 fully saturated rings. The van der Waals surface area contributed by atoms with Crippen molar-refractivity contribution in [3.8, 4) is 0 Å². The van der Waals surface area contributed by atoms with Gasteiger partial charge in [-0.1, -0.05) is 26.7 Å². The topological polar surface area (TPSA) is 68.9 Å². The molecule has 2 aromatic rings. The second-order valence-electron chi connectivity index (χ2n) is 8.96. The molecule has 0 saturated heterocycles. The lowest BCUT2D eigenvalue weighted by Crippen LogP contribution is -2.35. The maximum atomic E-state index is 10.9. The molecule has 0 amide bonds. The first-order valence-electron chi connectivity index (χ1n) is 10.8. The molecule has 2 heterocycles. The maximum absolute atomic E-state index is 10.9. The average Bonchev–Trinajstić information content (AvgIpc) is 3.17. The van der Waals surface area contributed by atoms with Crippen LogP contribution in [0.5, 0.6) is 0 Å². The summed E-state index contributed by atoms with van der Waals surface area (Å²) in [7, 11) is 6.70. The number of aliphatic carboxylic acids is 1. The van der Waals surface area contributed by atoms with Crippen molar-refractivity contribution in [3.05, 3.63) is 45.3 Å². The van der Waals surface area contributed by atoms with Gasteiger partial charge in [0.2, 0.25) is 0 Å². The van der Waals surface area contributed by atoms with E-state index in [1.165, 1.54) is 22.5 Å². The Bertz CT molecular complexity index is 913. The highest BCUT2D eigenvalue weighted by Crippen LogP contribution is 2.16. The Labute approximate surface area is 174 Å². The summed E-state index contributed by atoms with van der Waals surface area (Å²) in [6, 6.07) is 4.41. The van der Waals surface area contributed by atoms with E-state index in [4.69, 9.17) is 5.11 Å². The van der Waals surface area contributed by atoms with Crippen molar-refractivity contribution >= 4 is 18.1 Å². The van der Waals surface area contributed by atoms with Gasteiger partial charge >= 0.3 is 5.97 Å². The summed E-state index contributed by atoms with van der Waals surface area (Å²) in [6.07, 6.45) is 10.4. The Kier molecular flexibility index (Phi) is 8.32. The predicted molar refractivity (Wildman–Crippen MR) is 120 cm³/mol. The van der Waals surface area contributed by atoms with Gasteiger partial charge in [0.1, 0.15) is 0 Å². The largest absolute Gasteiger partial charge is 0.481 e. The summed E-state index contributed by atoms with van der Waals surface area (Å²) in [5.41, 5.74) is 5.08. The van der Waals surface area contributed by atoms with Crippen LogP contribution in [0.1, 0.15) is 62.0 Å². The van der Waals surface area contributed by atoms with Crippen LogP contribution in [0.25, 0.3) is 12.2 Å². The van der Waals surface area contributed by atoms with Crippen LogP contribution in [0, 0.1) is 0 Å². The number of hydrogen-bond acceptors (Lipinski definition) is 1. The fourth-order valence-electron chi connectivity index (χ4n) is 3.65. The monoisotopic (exact) mass is 400 g/mol. The molecule has 0 atom stereocenters. The summed E-state index contributed by atoms with van der Waals surface area (Å²) in [5, 5.41) is 10.9. The van der Waals surface area contributed by atoms with Crippen molar-refractivity contribution in [1.82, 2.24) is 9.97 Å². The van der Waals surface area contributed by atoms with E-state index in [0.29, 0.717) is 0 Å². The highest BCUT2D eigenvalue weighted by Gasteiger charge is 2.10. The molecule has 0 aliphatic carbocycles. The summed E-state index contributed by atoms with van der Waals surface area (Å²) >= 11 is 0. The molecular weight excluding hydrogens is 362 g/mol. The van der Waals surface area contributed by atoms with E-state index in [1.54, 1.807) is 6.08 Å². The molecule has 29 heavy (non-hydrogen) atoms. The molecule has 0 saturated carbocycles. The first-order valence-corrected chi connectivity index (χ1v) is 10.8. The number of carboxylic acid groups (broad SMARTS) is 1. The third kappa shape index (κ3) is 7.58. The molecule has 5 heteroatoms. The number of quaternary nitrogens is 1. The molecule has 2 aromatic heterocycles. The first kappa shape index (κ1) is 23.0. The highest BCUT2D eigenvalue weighted by atomic mass is 16.4. The van der Waals surface area contributed by atoms with Crippen LogP contribution in [0.3, 0.4) is 0 Å². The zero-order valence-electron chi connectivity index (χ0n) is 18.8. The quantitative estimate of drug-likeness (QED) is 0.508. The van der Waals surface area contributed by atoms with Crippen LogP contribution < -0.4 is 10.7 Å². The molecule has 5 nitrogen and oxygen atoms in total. The van der Waals surface area contributed by atoms with Gasteiger partial charge in [0.05, 0.1) is 34.1 Å². The van der Waals surface area contributed by atoms with E-state index < -0.39 is 5.97 Å². The molecule has 0 aromatic carbocycles. The Morgan fingerprint density at radius 2 is 1.72 bits per heavy atom. The fraction of sp³-hybridized carbons (Fsp3) is 0.542. The summed E-state index contributed by atoms with van der Waals surface area (Å²) in [6.45, 7) is 5.53. The Hall–Kier alpha value is -2.27. The van der Waals surface area contributed by atoms with Crippen molar-refractivity contribution in [2.45, 2.75) is 58.8 Å². The predicted octanol–water partition coefficient (Wildman–Crippen LogP) is 2.97. The minimum absolute atomic E-state index is 0.0333. The molecule has 3 N–H and O–H groups in total. The fourth-order valence-corrected chi connectivity index (χ4v) is 3.65. The number of aromatic amines is 2. The van der Waals surface area contributed by atoms with Crippen LogP contribution in [0.4, 0.5) is 0 Å². The van der Waals surface area contributed by atoms with Crippen LogP contribution in [0.2, 0.25) is 0 Å². The maximum Gasteiger partial charge on any atom is 0.307 e. The zero-order valence-corrected chi connectivity index (χ0v) is 18.8. The van der Waals surface area contributed by atoms with E-state index in [2.05, 4.69) is 63.2 Å². The number of aromatic nitrogens is 2. The van der Waals surface area contributed by atoms with Gasteiger partial charge in [-0.15, -0.1) is 0 Å². The average molecular weight is 401 g/mol. The minimum Gasteiger partial charge on any atom is -0.481 e. The minimum atomic E-state index is -0.810. The Balaban J connectivity index is 2.35.